The molecule has 1 saturated carbocycles. The molecule has 0 saturated heterocycles. The highest BCUT2D eigenvalue weighted by Gasteiger charge is 2.51. The lowest BCUT2D eigenvalue weighted by molar-refractivity contribution is 0.111. The third-order valence-electron chi connectivity index (χ3n) is 4.25. The van der Waals surface area contributed by atoms with Gasteiger partial charge in [-0.3, -0.25) is 0 Å². The van der Waals surface area contributed by atoms with Gasteiger partial charge in [0.1, 0.15) is 0 Å². The second-order valence-corrected chi connectivity index (χ2v) is 4.74. The van der Waals surface area contributed by atoms with Crippen LogP contribution >= 0.6 is 0 Å². The Balaban J connectivity index is 1.99. The minimum atomic E-state index is 0.456. The van der Waals surface area contributed by atoms with Crippen molar-refractivity contribution in [2.24, 2.45) is 17.6 Å². The Bertz CT molecular complexity index is 352. The number of rotatable bonds is 1. The standard InChI is InChI=1S/C13H17N/c1-2-9-12-10-6-4-3-5-8(10)7-11(12)13(9)14/h3-6,9,11-13H,2,7,14H2,1H3. The van der Waals surface area contributed by atoms with Crippen LogP contribution in [-0.2, 0) is 6.42 Å². The SMILES string of the molecule is CCC1C(N)C2Cc3ccccc3C12. The van der Waals surface area contributed by atoms with E-state index in [4.69, 9.17) is 5.73 Å². The Morgan fingerprint density at radius 1 is 1.36 bits per heavy atom. The molecule has 0 aromatic heterocycles. The van der Waals surface area contributed by atoms with Crippen LogP contribution in [0.3, 0.4) is 0 Å². The zero-order chi connectivity index (χ0) is 9.71. The number of fused-ring (bicyclic) bond motifs is 3. The van der Waals surface area contributed by atoms with Gasteiger partial charge in [0.25, 0.3) is 0 Å². The van der Waals surface area contributed by atoms with Crippen molar-refractivity contribution in [1.82, 2.24) is 0 Å². The average molecular weight is 187 g/mol. The predicted octanol–water partition coefficient (Wildman–Crippen LogP) is 2.31. The van der Waals surface area contributed by atoms with Crippen molar-refractivity contribution in [2.75, 3.05) is 0 Å². The van der Waals surface area contributed by atoms with Crippen LogP contribution in [0.5, 0.6) is 0 Å². The molecule has 74 valence electrons. The van der Waals surface area contributed by atoms with E-state index >= 15 is 0 Å². The molecule has 1 nitrogen and oxygen atoms in total. The molecule has 1 fully saturated rings. The van der Waals surface area contributed by atoms with Gasteiger partial charge in [0.2, 0.25) is 0 Å². The Morgan fingerprint density at radius 3 is 2.93 bits per heavy atom. The van der Waals surface area contributed by atoms with Crippen molar-refractivity contribution in [3.63, 3.8) is 0 Å². The predicted molar refractivity (Wildman–Crippen MR) is 58.1 cm³/mol. The van der Waals surface area contributed by atoms with Gasteiger partial charge in [-0.25, -0.2) is 0 Å². The molecule has 0 amide bonds. The Labute approximate surface area is 85.3 Å². The fourth-order valence-corrected chi connectivity index (χ4v) is 3.52. The first-order valence-electron chi connectivity index (χ1n) is 5.66. The Hall–Kier alpha value is -0.820. The molecule has 0 heterocycles. The molecule has 1 aromatic carbocycles. The summed E-state index contributed by atoms with van der Waals surface area (Å²) < 4.78 is 0. The number of nitrogens with two attached hydrogens (primary N) is 1. The first-order chi connectivity index (χ1) is 6.83. The summed E-state index contributed by atoms with van der Waals surface area (Å²) in [6.45, 7) is 2.27. The van der Waals surface area contributed by atoms with Gasteiger partial charge in [0, 0.05) is 6.04 Å². The van der Waals surface area contributed by atoms with E-state index < -0.39 is 0 Å². The molecular formula is C13H17N. The summed E-state index contributed by atoms with van der Waals surface area (Å²) in [5, 5.41) is 0. The van der Waals surface area contributed by atoms with Gasteiger partial charge in [-0.1, -0.05) is 37.6 Å². The minimum Gasteiger partial charge on any atom is -0.327 e. The molecule has 3 rings (SSSR count). The van der Waals surface area contributed by atoms with Crippen molar-refractivity contribution in [3.05, 3.63) is 35.4 Å². The fraction of sp³-hybridized carbons (Fsp3) is 0.538. The van der Waals surface area contributed by atoms with Crippen molar-refractivity contribution < 1.29 is 0 Å². The molecule has 2 aliphatic carbocycles. The number of hydrogen-bond acceptors (Lipinski definition) is 1. The second-order valence-electron chi connectivity index (χ2n) is 4.74. The fourth-order valence-electron chi connectivity index (χ4n) is 3.52. The third-order valence-corrected chi connectivity index (χ3v) is 4.25. The monoisotopic (exact) mass is 187 g/mol. The highest BCUT2D eigenvalue weighted by molar-refractivity contribution is 5.41. The first-order valence-corrected chi connectivity index (χ1v) is 5.66. The van der Waals surface area contributed by atoms with Crippen LogP contribution in [0.1, 0.15) is 30.4 Å². The molecule has 14 heavy (non-hydrogen) atoms. The van der Waals surface area contributed by atoms with Crippen LogP contribution in [0.2, 0.25) is 0 Å². The lowest BCUT2D eigenvalue weighted by atomic mass is 9.60. The van der Waals surface area contributed by atoms with Crippen LogP contribution in [0.25, 0.3) is 0 Å². The molecule has 1 aromatic rings. The van der Waals surface area contributed by atoms with Gasteiger partial charge in [-0.15, -0.1) is 0 Å². The summed E-state index contributed by atoms with van der Waals surface area (Å²) >= 11 is 0. The van der Waals surface area contributed by atoms with E-state index in [0.29, 0.717) is 6.04 Å². The van der Waals surface area contributed by atoms with Crippen LogP contribution < -0.4 is 5.73 Å². The van der Waals surface area contributed by atoms with Crippen molar-refractivity contribution >= 4 is 0 Å². The number of hydrogen-bond donors (Lipinski definition) is 1. The summed E-state index contributed by atoms with van der Waals surface area (Å²) in [4.78, 5) is 0. The van der Waals surface area contributed by atoms with E-state index in [0.717, 1.165) is 17.8 Å². The Kier molecular flexibility index (Phi) is 1.72. The molecule has 0 aliphatic heterocycles. The summed E-state index contributed by atoms with van der Waals surface area (Å²) in [5.74, 6) is 2.27. The molecule has 0 radical (unpaired) electrons. The molecule has 0 bridgehead atoms. The summed E-state index contributed by atoms with van der Waals surface area (Å²) in [6, 6.07) is 9.34. The minimum absolute atomic E-state index is 0.456. The number of benzene rings is 1. The highest BCUT2D eigenvalue weighted by Crippen LogP contribution is 2.55. The molecule has 4 atom stereocenters. The van der Waals surface area contributed by atoms with E-state index in [9.17, 15) is 0 Å². The zero-order valence-electron chi connectivity index (χ0n) is 8.61. The smallest absolute Gasteiger partial charge is 0.0111 e. The maximum absolute atomic E-state index is 6.20. The van der Waals surface area contributed by atoms with Crippen molar-refractivity contribution in [2.45, 2.75) is 31.7 Å². The molecular weight excluding hydrogens is 170 g/mol. The van der Waals surface area contributed by atoms with Gasteiger partial charge in [-0.2, -0.15) is 0 Å². The van der Waals surface area contributed by atoms with Gasteiger partial charge >= 0.3 is 0 Å². The normalized spacial score (nSPS) is 38.7. The maximum Gasteiger partial charge on any atom is 0.0111 e. The zero-order valence-corrected chi connectivity index (χ0v) is 8.61. The van der Waals surface area contributed by atoms with Gasteiger partial charge in [0.05, 0.1) is 0 Å². The lowest BCUT2D eigenvalue weighted by Gasteiger charge is -2.47. The average Bonchev–Trinajstić information content (AvgIpc) is 2.55. The third kappa shape index (κ3) is 0.885. The van der Waals surface area contributed by atoms with Crippen LogP contribution in [-0.4, -0.2) is 6.04 Å². The van der Waals surface area contributed by atoms with Crippen molar-refractivity contribution in [1.29, 1.82) is 0 Å². The first kappa shape index (κ1) is 8.49. The summed E-state index contributed by atoms with van der Waals surface area (Å²) in [6.07, 6.45) is 2.45. The molecule has 1 heteroatoms. The largest absolute Gasteiger partial charge is 0.327 e. The second kappa shape index (κ2) is 2.83. The summed E-state index contributed by atoms with van der Waals surface area (Å²) in [5.41, 5.74) is 9.34. The van der Waals surface area contributed by atoms with E-state index in [2.05, 4.69) is 31.2 Å². The molecule has 2 aliphatic rings. The summed E-state index contributed by atoms with van der Waals surface area (Å²) in [7, 11) is 0. The van der Waals surface area contributed by atoms with E-state index in [-0.39, 0.29) is 0 Å². The van der Waals surface area contributed by atoms with Gasteiger partial charge < -0.3 is 5.73 Å². The van der Waals surface area contributed by atoms with Gasteiger partial charge in [0.15, 0.2) is 0 Å². The van der Waals surface area contributed by atoms with Crippen LogP contribution in [0.4, 0.5) is 0 Å². The van der Waals surface area contributed by atoms with Crippen molar-refractivity contribution in [3.8, 4) is 0 Å². The maximum atomic E-state index is 6.20. The molecule has 4 unspecified atom stereocenters. The Morgan fingerprint density at radius 2 is 2.14 bits per heavy atom. The van der Waals surface area contributed by atoms with Crippen LogP contribution in [0, 0.1) is 11.8 Å². The topological polar surface area (TPSA) is 26.0 Å². The van der Waals surface area contributed by atoms with Crippen LogP contribution in [0.15, 0.2) is 24.3 Å². The van der Waals surface area contributed by atoms with E-state index in [1.165, 1.54) is 12.8 Å². The lowest BCUT2D eigenvalue weighted by Crippen LogP contribution is -2.53. The molecule has 2 N–H and O–H groups in total. The van der Waals surface area contributed by atoms with E-state index in [1.54, 1.807) is 11.1 Å². The highest BCUT2D eigenvalue weighted by atomic mass is 14.8. The quantitative estimate of drug-likeness (QED) is 0.717. The van der Waals surface area contributed by atoms with E-state index in [1.807, 2.05) is 0 Å². The van der Waals surface area contributed by atoms with Gasteiger partial charge in [-0.05, 0) is 35.3 Å². The molecule has 0 spiro atoms.